The number of carbonyl (C=O) groups excluding carboxylic acids is 3. The summed E-state index contributed by atoms with van der Waals surface area (Å²) in [5.41, 5.74) is 8.21. The maximum absolute atomic E-state index is 12.1. The zero-order chi connectivity index (χ0) is 55.2. The van der Waals surface area contributed by atoms with E-state index in [1.807, 2.05) is 86.6 Å². The van der Waals surface area contributed by atoms with Gasteiger partial charge >= 0.3 is 30.2 Å². The first-order chi connectivity index (χ1) is 34.2. The van der Waals surface area contributed by atoms with Crippen molar-refractivity contribution in [2.45, 2.75) is 79.1 Å². The smallest absolute Gasteiger partial charge is 0.414 e. The van der Waals surface area contributed by atoms with Crippen LogP contribution in [-0.4, -0.2) is 160 Å². The molecular formula is C51H71FN9O14Pd-. The molecule has 6 aliphatic rings. The van der Waals surface area contributed by atoms with Crippen LogP contribution in [0.3, 0.4) is 0 Å². The van der Waals surface area contributed by atoms with Gasteiger partial charge in [0.2, 0.25) is 0 Å². The van der Waals surface area contributed by atoms with Crippen LogP contribution in [-0.2, 0) is 44.2 Å². The van der Waals surface area contributed by atoms with Crippen molar-refractivity contribution in [3.05, 3.63) is 106 Å². The first-order valence-electron chi connectivity index (χ1n) is 23.8. The summed E-state index contributed by atoms with van der Waals surface area (Å²) >= 11 is 0. The number of benzene rings is 3. The molecule has 6 fully saturated rings. The van der Waals surface area contributed by atoms with E-state index < -0.39 is 38.8 Å². The molecule has 6 aliphatic heterocycles. The number of amides is 3. The van der Waals surface area contributed by atoms with Gasteiger partial charge in [-0.1, -0.05) is 0 Å². The van der Waals surface area contributed by atoms with E-state index in [1.165, 1.54) is 17.8 Å². The number of non-ortho nitro benzene ring substituents is 2. The molecule has 0 bridgehead atoms. The fourth-order valence-corrected chi connectivity index (χ4v) is 8.68. The fraction of sp³-hybridized carbons (Fsp3) is 0.529. The molecule has 0 aromatic heterocycles. The molecule has 3 aromatic carbocycles. The summed E-state index contributed by atoms with van der Waals surface area (Å²) in [6, 6.07) is 18.9. The standard InChI is InChI=1S/C16H21N3O4.C16H23N3O2.C10H18N2O2.C6H4FNO2.C2H2O4.CH3.Pd/c1-15(2,3)23-14(20)18-10-16(11-18)8-17(9-16)12-4-6-13(7-5-12)19(21)22;1-15(2,3)21-14(20)19-10-16(11-19)8-18(9-16)13-6-4-12(17)5-7-13;1-9(2,3)14-8(13)12-6-10(7-12)4-11-5-10;7-5-1-3-6(4-2-5)8(9)10;3-1(4)2(5)6;;/h4-7H,8-11H2,1-3H3;4-7H,8-11,17H2,1-3H3;11H,4-7H2,1-3H3;1-4H;(H,3,4)(H,5,6);1H3;/q;;;;;-1;. The van der Waals surface area contributed by atoms with Crippen LogP contribution in [0, 0.1) is 49.7 Å². The second kappa shape index (κ2) is 24.9. The van der Waals surface area contributed by atoms with Gasteiger partial charge in [0.15, 0.2) is 0 Å². The summed E-state index contributed by atoms with van der Waals surface area (Å²) < 4.78 is 28.1. The van der Waals surface area contributed by atoms with Crippen molar-refractivity contribution in [2.75, 3.05) is 94.1 Å². The summed E-state index contributed by atoms with van der Waals surface area (Å²) in [5, 5.41) is 38.7. The average molecular weight is 1160 g/mol. The number of likely N-dealkylation sites (tertiary alicyclic amines) is 3. The first kappa shape index (κ1) is 63.5. The van der Waals surface area contributed by atoms with Crippen LogP contribution in [0.4, 0.5) is 47.2 Å². The second-order valence-electron chi connectivity index (χ2n) is 22.5. The number of halogens is 1. The van der Waals surface area contributed by atoms with Gasteiger partial charge in [0.05, 0.1) is 9.85 Å². The van der Waals surface area contributed by atoms with Crippen molar-refractivity contribution in [3.8, 4) is 0 Å². The molecule has 0 atom stereocenters. The van der Waals surface area contributed by atoms with Gasteiger partial charge in [0.25, 0.3) is 11.4 Å². The van der Waals surface area contributed by atoms with E-state index >= 15 is 0 Å². The van der Waals surface area contributed by atoms with Crippen molar-refractivity contribution in [2.24, 2.45) is 16.2 Å². The monoisotopic (exact) mass is 1160 g/mol. The molecular weight excluding hydrogens is 1090 g/mol. The SMILES string of the molecule is CC(C)(C)OC(=O)N1CC2(C1)CN(c1ccc(N)cc1)C2.CC(C)(C)OC(=O)N1CC2(C1)CN(c1ccc([N+](=O)[O-])cc1)C2.CC(C)(C)OC(=O)N1CC2(CNC2)C1.O=C(O)C(=O)O.O=[N+]([O-])c1ccc(F)cc1.[CH3-].[Pd]. The number of carboxylic acid groups (broad SMARTS) is 2. The zero-order valence-corrected chi connectivity index (χ0v) is 46.2. The fourth-order valence-electron chi connectivity index (χ4n) is 8.68. The summed E-state index contributed by atoms with van der Waals surface area (Å²) in [4.78, 5) is 83.1. The van der Waals surface area contributed by atoms with Gasteiger partial charge in [0.1, 0.15) is 22.6 Å². The number of hydrogen-bond donors (Lipinski definition) is 4. The molecule has 76 heavy (non-hydrogen) atoms. The van der Waals surface area contributed by atoms with E-state index in [2.05, 4.69) is 15.1 Å². The topological polar surface area (TPSA) is 294 Å². The van der Waals surface area contributed by atoms with E-state index in [4.69, 9.17) is 39.7 Å². The zero-order valence-electron chi connectivity index (χ0n) is 44.6. The Balaban J connectivity index is 0.000000264. The number of nitrogens with zero attached hydrogens (tertiary/aromatic N) is 7. The predicted molar refractivity (Wildman–Crippen MR) is 277 cm³/mol. The number of hydrogen-bond acceptors (Lipinski definition) is 16. The molecule has 25 heteroatoms. The summed E-state index contributed by atoms with van der Waals surface area (Å²) in [6.07, 6.45) is -0.619. The molecule has 3 spiro atoms. The Bertz CT molecular complexity index is 2480. The van der Waals surface area contributed by atoms with Gasteiger partial charge in [-0.15, -0.1) is 0 Å². The molecule has 3 amide bonds. The van der Waals surface area contributed by atoms with E-state index in [9.17, 15) is 39.0 Å². The summed E-state index contributed by atoms with van der Waals surface area (Å²) in [5.74, 6) is -4.12. The Kier molecular flexibility index (Phi) is 20.8. The number of nitrogens with two attached hydrogens (primary N) is 1. The predicted octanol–water partition coefficient (Wildman–Crippen LogP) is 7.14. The van der Waals surface area contributed by atoms with Crippen LogP contribution in [0.5, 0.6) is 0 Å². The minimum absolute atomic E-state index is 0. The summed E-state index contributed by atoms with van der Waals surface area (Å²) in [7, 11) is 0. The Morgan fingerprint density at radius 1 is 0.539 bits per heavy atom. The van der Waals surface area contributed by atoms with Crippen LogP contribution < -0.4 is 20.9 Å². The number of anilines is 3. The Morgan fingerprint density at radius 3 is 1.07 bits per heavy atom. The molecule has 6 heterocycles. The van der Waals surface area contributed by atoms with Gasteiger partial charge in [-0.05, 0) is 111 Å². The van der Waals surface area contributed by atoms with Gasteiger partial charge in [0, 0.05) is 157 Å². The number of rotatable bonds is 4. The van der Waals surface area contributed by atoms with Crippen molar-refractivity contribution in [1.82, 2.24) is 20.0 Å². The number of nitro benzene ring substituents is 2. The molecule has 6 saturated heterocycles. The Morgan fingerprint density at radius 2 is 0.816 bits per heavy atom. The molecule has 0 radical (unpaired) electrons. The second-order valence-corrected chi connectivity index (χ2v) is 22.5. The van der Waals surface area contributed by atoms with Crippen LogP contribution in [0.1, 0.15) is 62.3 Å². The Labute approximate surface area is 455 Å². The van der Waals surface area contributed by atoms with Gasteiger partial charge in [-0.3, -0.25) is 20.2 Å². The van der Waals surface area contributed by atoms with E-state index in [-0.39, 0.29) is 73.9 Å². The molecule has 9 rings (SSSR count). The maximum atomic E-state index is 12.1. The molecule has 0 unspecified atom stereocenters. The van der Waals surface area contributed by atoms with Crippen molar-refractivity contribution < 1.29 is 83.1 Å². The molecule has 422 valence electrons. The van der Waals surface area contributed by atoms with Crippen LogP contribution >= 0.6 is 0 Å². The van der Waals surface area contributed by atoms with Crippen molar-refractivity contribution >= 4 is 58.7 Å². The minimum atomic E-state index is -1.82. The number of nitrogen functional groups attached to an aromatic ring is 1. The maximum Gasteiger partial charge on any atom is 0.414 e. The van der Waals surface area contributed by atoms with Crippen LogP contribution in [0.15, 0.2) is 72.8 Å². The third-order valence-corrected chi connectivity index (χ3v) is 12.1. The molecule has 23 nitrogen and oxygen atoms in total. The largest absolute Gasteiger partial charge is 0.473 e. The van der Waals surface area contributed by atoms with Gasteiger partial charge in [-0.25, -0.2) is 28.4 Å². The number of nitrogens with one attached hydrogen (secondary N) is 1. The van der Waals surface area contributed by atoms with Crippen LogP contribution in [0.25, 0.3) is 0 Å². The number of carboxylic acids is 2. The van der Waals surface area contributed by atoms with E-state index in [0.717, 1.165) is 101 Å². The third-order valence-electron chi connectivity index (χ3n) is 12.1. The van der Waals surface area contributed by atoms with Gasteiger partial charge in [-0.2, -0.15) is 0 Å². The molecule has 0 aliphatic carbocycles. The minimum Gasteiger partial charge on any atom is -0.473 e. The molecule has 5 N–H and O–H groups in total. The first-order valence-corrected chi connectivity index (χ1v) is 23.8. The normalized spacial score (nSPS) is 17.5. The number of ether oxygens (including phenoxy) is 3. The summed E-state index contributed by atoms with van der Waals surface area (Å²) in [6.45, 7) is 27.5. The van der Waals surface area contributed by atoms with E-state index in [0.29, 0.717) is 18.5 Å². The van der Waals surface area contributed by atoms with Crippen molar-refractivity contribution in [1.29, 1.82) is 0 Å². The third kappa shape index (κ3) is 17.9. The van der Waals surface area contributed by atoms with Crippen molar-refractivity contribution in [3.63, 3.8) is 0 Å². The van der Waals surface area contributed by atoms with Crippen LogP contribution in [0.2, 0.25) is 0 Å². The van der Waals surface area contributed by atoms with E-state index in [1.54, 1.807) is 26.8 Å². The number of nitro groups is 2. The Hall–Kier alpha value is -6.84. The van der Waals surface area contributed by atoms with Gasteiger partial charge < -0.3 is 67.4 Å². The number of aliphatic carboxylic acids is 2. The quantitative estimate of drug-likeness (QED) is 0.0384. The molecule has 0 saturated carbocycles. The number of carbonyl (C=O) groups is 5. The molecule has 3 aromatic rings. The average Bonchev–Trinajstić information content (AvgIpc) is 3.18.